The molecule has 1 aromatic carbocycles. The summed E-state index contributed by atoms with van der Waals surface area (Å²) in [5.74, 6) is -0.671. The number of nitrogens with zero attached hydrogens (tertiary/aromatic N) is 2. The van der Waals surface area contributed by atoms with Crippen molar-refractivity contribution in [1.82, 2.24) is 10.2 Å². The smallest absolute Gasteiger partial charge is 0.324 e. The minimum absolute atomic E-state index is 0.160. The molecule has 1 aromatic rings. The van der Waals surface area contributed by atoms with Crippen molar-refractivity contribution in [1.29, 1.82) is 0 Å². The summed E-state index contributed by atoms with van der Waals surface area (Å²) in [7, 11) is 0. The summed E-state index contributed by atoms with van der Waals surface area (Å²) < 4.78 is 0. The second kappa shape index (κ2) is 7.73. The summed E-state index contributed by atoms with van der Waals surface area (Å²) in [5.41, 5.74) is -0.285. The average Bonchev–Trinajstić information content (AvgIpc) is 2.78. The lowest BCUT2D eigenvalue weighted by Crippen LogP contribution is -2.44. The first kappa shape index (κ1) is 20.3. The van der Waals surface area contributed by atoms with Crippen molar-refractivity contribution in [2.24, 2.45) is 5.92 Å². The van der Waals surface area contributed by atoms with Crippen LogP contribution in [0.4, 0.5) is 16.2 Å². The van der Waals surface area contributed by atoms with E-state index in [1.165, 1.54) is 18.2 Å². The third-order valence-electron chi connectivity index (χ3n) is 4.57. The van der Waals surface area contributed by atoms with E-state index < -0.39 is 34.9 Å². The highest BCUT2D eigenvalue weighted by Crippen LogP contribution is 2.25. The van der Waals surface area contributed by atoms with Gasteiger partial charge in [0.2, 0.25) is 5.91 Å². The summed E-state index contributed by atoms with van der Waals surface area (Å²) in [5, 5.41) is 16.1. The first-order valence-corrected chi connectivity index (χ1v) is 8.72. The molecule has 0 radical (unpaired) electrons. The quantitative estimate of drug-likeness (QED) is 0.430. The number of amides is 4. The Morgan fingerprint density at radius 3 is 2.63 bits per heavy atom. The van der Waals surface area contributed by atoms with Crippen LogP contribution < -0.4 is 10.6 Å². The van der Waals surface area contributed by atoms with Gasteiger partial charge in [-0.3, -0.25) is 24.6 Å². The van der Waals surface area contributed by atoms with E-state index in [0.717, 1.165) is 11.3 Å². The number of urea groups is 1. The van der Waals surface area contributed by atoms with Gasteiger partial charge >= 0.3 is 6.03 Å². The predicted octanol–water partition coefficient (Wildman–Crippen LogP) is 2.59. The Morgan fingerprint density at radius 1 is 1.37 bits per heavy atom. The topological polar surface area (TPSA) is 122 Å². The Hall–Kier alpha value is -2.97. The molecule has 9 nitrogen and oxygen atoms in total. The van der Waals surface area contributed by atoms with E-state index in [-0.39, 0.29) is 11.4 Å². The number of benzene rings is 1. The van der Waals surface area contributed by atoms with Gasteiger partial charge in [0.1, 0.15) is 12.1 Å². The minimum Gasteiger partial charge on any atom is -0.324 e. The summed E-state index contributed by atoms with van der Waals surface area (Å²) in [6.07, 6.45) is 1.24. The normalized spacial score (nSPS) is 19.4. The van der Waals surface area contributed by atoms with Crippen LogP contribution in [0.1, 0.15) is 39.2 Å². The summed E-state index contributed by atoms with van der Waals surface area (Å²) in [6, 6.07) is 3.48. The van der Waals surface area contributed by atoms with Crippen molar-refractivity contribution in [2.45, 2.75) is 46.1 Å². The van der Waals surface area contributed by atoms with E-state index in [4.69, 9.17) is 0 Å². The van der Waals surface area contributed by atoms with Gasteiger partial charge in [-0.25, -0.2) is 4.79 Å². The predicted molar refractivity (Wildman–Crippen MR) is 99.2 cm³/mol. The summed E-state index contributed by atoms with van der Waals surface area (Å²) in [4.78, 5) is 48.3. The van der Waals surface area contributed by atoms with Crippen LogP contribution >= 0.6 is 0 Å². The van der Waals surface area contributed by atoms with E-state index in [2.05, 4.69) is 10.6 Å². The number of nitro groups is 1. The largest absolute Gasteiger partial charge is 0.325 e. The third-order valence-corrected chi connectivity index (χ3v) is 4.57. The Balaban J connectivity index is 2.08. The van der Waals surface area contributed by atoms with E-state index in [1.807, 2.05) is 13.8 Å². The molecule has 4 amide bonds. The molecule has 9 heteroatoms. The molecule has 1 heterocycles. The van der Waals surface area contributed by atoms with Crippen LogP contribution in [0, 0.1) is 23.0 Å². The number of imide groups is 1. The summed E-state index contributed by atoms with van der Waals surface area (Å²) in [6.45, 7) is 6.94. The highest BCUT2D eigenvalue weighted by atomic mass is 16.6. The Kier molecular flexibility index (Phi) is 5.82. The number of carbonyl (C=O) groups excluding carboxylic acids is 3. The second-order valence-electron chi connectivity index (χ2n) is 7.39. The van der Waals surface area contributed by atoms with Crippen molar-refractivity contribution < 1.29 is 19.3 Å². The molecule has 0 spiro atoms. The highest BCUT2D eigenvalue weighted by molar-refractivity contribution is 6.10. The Morgan fingerprint density at radius 2 is 2.04 bits per heavy atom. The van der Waals surface area contributed by atoms with Gasteiger partial charge in [-0.15, -0.1) is 0 Å². The monoisotopic (exact) mass is 376 g/mol. The van der Waals surface area contributed by atoms with Crippen molar-refractivity contribution in [3.63, 3.8) is 0 Å². The molecule has 1 fully saturated rings. The molecule has 0 unspecified atom stereocenters. The molecule has 1 atom stereocenters. The number of aryl methyl sites for hydroxylation is 1. The van der Waals surface area contributed by atoms with Gasteiger partial charge < -0.3 is 10.6 Å². The molecular weight excluding hydrogens is 352 g/mol. The number of non-ortho nitro benzene ring substituents is 1. The van der Waals surface area contributed by atoms with Crippen LogP contribution in [0.2, 0.25) is 0 Å². The number of nitrogens with one attached hydrogen (secondary N) is 2. The number of carbonyl (C=O) groups is 3. The van der Waals surface area contributed by atoms with Crippen molar-refractivity contribution in [3.05, 3.63) is 33.9 Å². The molecule has 146 valence electrons. The molecule has 1 aliphatic heterocycles. The van der Waals surface area contributed by atoms with Gasteiger partial charge in [-0.05, 0) is 38.2 Å². The zero-order valence-electron chi connectivity index (χ0n) is 15.9. The van der Waals surface area contributed by atoms with Gasteiger partial charge in [0.05, 0.1) is 10.6 Å². The fraction of sp³-hybridized carbons (Fsp3) is 0.500. The third kappa shape index (κ3) is 4.60. The van der Waals surface area contributed by atoms with Crippen molar-refractivity contribution >= 4 is 29.2 Å². The molecular formula is C18H24N4O5. The number of nitro benzene ring substituents is 1. The standard InChI is InChI=1S/C18H24N4O5/c1-11(2)7-8-18(4)16(24)21(17(25)20-18)10-15(23)19-14-9-13(22(26)27)6-5-12(14)3/h5-6,9,11H,7-8,10H2,1-4H3,(H,19,23)(H,20,25)/t18-/m0/s1. The van der Waals surface area contributed by atoms with E-state index in [9.17, 15) is 24.5 Å². The molecule has 2 rings (SSSR count). The van der Waals surface area contributed by atoms with Crippen LogP contribution in [0.3, 0.4) is 0 Å². The number of hydrogen-bond acceptors (Lipinski definition) is 5. The first-order chi connectivity index (χ1) is 12.5. The maximum Gasteiger partial charge on any atom is 0.325 e. The van der Waals surface area contributed by atoms with E-state index in [0.29, 0.717) is 17.9 Å². The lowest BCUT2D eigenvalue weighted by molar-refractivity contribution is -0.384. The van der Waals surface area contributed by atoms with E-state index >= 15 is 0 Å². The van der Waals surface area contributed by atoms with Gasteiger partial charge in [-0.1, -0.05) is 19.9 Å². The van der Waals surface area contributed by atoms with E-state index in [1.54, 1.807) is 13.8 Å². The Labute approximate surface area is 157 Å². The minimum atomic E-state index is -1.02. The second-order valence-corrected chi connectivity index (χ2v) is 7.39. The van der Waals surface area contributed by atoms with Gasteiger partial charge in [0, 0.05) is 12.1 Å². The fourth-order valence-electron chi connectivity index (χ4n) is 2.83. The molecule has 1 aliphatic rings. The van der Waals surface area contributed by atoms with Gasteiger partial charge in [0.15, 0.2) is 0 Å². The van der Waals surface area contributed by atoms with Gasteiger partial charge in [-0.2, -0.15) is 0 Å². The molecule has 1 saturated heterocycles. The molecule has 27 heavy (non-hydrogen) atoms. The van der Waals surface area contributed by atoms with Crippen LogP contribution in [0.25, 0.3) is 0 Å². The first-order valence-electron chi connectivity index (χ1n) is 8.72. The number of hydrogen-bond donors (Lipinski definition) is 2. The molecule has 0 bridgehead atoms. The summed E-state index contributed by atoms with van der Waals surface area (Å²) >= 11 is 0. The lowest BCUT2D eigenvalue weighted by Gasteiger charge is -2.22. The zero-order valence-corrected chi connectivity index (χ0v) is 15.9. The molecule has 0 aliphatic carbocycles. The highest BCUT2D eigenvalue weighted by Gasteiger charge is 2.47. The lowest BCUT2D eigenvalue weighted by atomic mass is 9.92. The maximum atomic E-state index is 12.6. The van der Waals surface area contributed by atoms with Crippen LogP contribution in [0.15, 0.2) is 18.2 Å². The van der Waals surface area contributed by atoms with Gasteiger partial charge in [0.25, 0.3) is 11.6 Å². The number of anilines is 1. The van der Waals surface area contributed by atoms with Crippen LogP contribution in [-0.4, -0.2) is 39.8 Å². The SMILES string of the molecule is Cc1ccc([N+](=O)[O-])cc1NC(=O)CN1C(=O)N[C@@](C)(CCC(C)C)C1=O. The van der Waals surface area contributed by atoms with Crippen molar-refractivity contribution in [2.75, 3.05) is 11.9 Å². The fourth-order valence-corrected chi connectivity index (χ4v) is 2.83. The molecule has 2 N–H and O–H groups in total. The number of rotatable bonds is 7. The molecule has 0 aromatic heterocycles. The Bertz CT molecular complexity index is 792. The maximum absolute atomic E-state index is 12.6. The molecule has 0 saturated carbocycles. The van der Waals surface area contributed by atoms with Crippen molar-refractivity contribution in [3.8, 4) is 0 Å². The average molecular weight is 376 g/mol. The van der Waals surface area contributed by atoms with Crippen LogP contribution in [-0.2, 0) is 9.59 Å². The van der Waals surface area contributed by atoms with Crippen LogP contribution in [0.5, 0.6) is 0 Å². The zero-order chi connectivity index (χ0) is 20.4.